The molecule has 2 aliphatic rings. The van der Waals surface area contributed by atoms with E-state index >= 15 is 0 Å². The van der Waals surface area contributed by atoms with E-state index in [0.717, 1.165) is 37.8 Å². The maximum Gasteiger partial charge on any atom is 0.259 e. The zero-order chi connectivity index (χ0) is 18.1. The molecule has 2 fully saturated rings. The number of hydrogen-bond acceptors (Lipinski definition) is 7. The number of rotatable bonds is 3. The maximum atomic E-state index is 12.7. The van der Waals surface area contributed by atoms with Gasteiger partial charge >= 0.3 is 0 Å². The smallest absolute Gasteiger partial charge is 0.259 e. The number of aryl methyl sites for hydroxylation is 2. The summed E-state index contributed by atoms with van der Waals surface area (Å²) in [5.41, 5.74) is 1.25. The van der Waals surface area contributed by atoms with Gasteiger partial charge in [-0.05, 0) is 26.7 Å². The van der Waals surface area contributed by atoms with Crippen molar-refractivity contribution in [2.24, 2.45) is 0 Å². The topological polar surface area (TPSA) is 78.6 Å². The van der Waals surface area contributed by atoms with Gasteiger partial charge in [-0.25, -0.2) is 9.97 Å². The minimum atomic E-state index is 0.00124. The molecule has 0 radical (unpaired) electrons. The number of nitrogens with zero attached hydrogens (tertiary/aromatic N) is 6. The molecule has 8 nitrogen and oxygen atoms in total. The third kappa shape index (κ3) is 3.11. The lowest BCUT2D eigenvalue weighted by Gasteiger charge is -2.35. The average molecular weight is 356 g/mol. The summed E-state index contributed by atoms with van der Waals surface area (Å²) in [4.78, 5) is 28.0. The van der Waals surface area contributed by atoms with Crippen LogP contribution in [0.2, 0.25) is 0 Å². The van der Waals surface area contributed by atoms with Gasteiger partial charge in [0.25, 0.3) is 5.91 Å². The van der Waals surface area contributed by atoms with Gasteiger partial charge in [0.05, 0.1) is 5.69 Å². The number of carbonyl (C=O) groups excluding carboxylic acids is 1. The van der Waals surface area contributed by atoms with Crippen molar-refractivity contribution in [3.63, 3.8) is 0 Å². The number of hydrogen-bond donors (Lipinski definition) is 0. The zero-order valence-corrected chi connectivity index (χ0v) is 15.3. The normalized spacial score (nSPS) is 17.8. The number of piperazine rings is 1. The fourth-order valence-corrected chi connectivity index (χ4v) is 3.71. The summed E-state index contributed by atoms with van der Waals surface area (Å²) in [6, 6.07) is 2.07. The third-order valence-corrected chi connectivity index (χ3v) is 5.21. The lowest BCUT2D eigenvalue weighted by atomic mass is 10.1. The van der Waals surface area contributed by atoms with Gasteiger partial charge in [0.1, 0.15) is 29.3 Å². The van der Waals surface area contributed by atoms with Crippen LogP contribution in [0, 0.1) is 13.8 Å². The van der Waals surface area contributed by atoms with E-state index in [1.54, 1.807) is 20.2 Å². The maximum absolute atomic E-state index is 12.7. The van der Waals surface area contributed by atoms with Crippen molar-refractivity contribution in [3.05, 3.63) is 29.4 Å². The van der Waals surface area contributed by atoms with E-state index in [4.69, 9.17) is 4.52 Å². The van der Waals surface area contributed by atoms with E-state index in [1.165, 1.54) is 12.8 Å². The van der Waals surface area contributed by atoms with E-state index in [1.807, 2.05) is 4.90 Å². The largest absolute Gasteiger partial charge is 0.361 e. The predicted molar refractivity (Wildman–Crippen MR) is 97.6 cm³/mol. The molecular formula is C18H24N6O2. The van der Waals surface area contributed by atoms with Crippen LogP contribution in [0.15, 0.2) is 16.9 Å². The Labute approximate surface area is 152 Å². The molecule has 2 aromatic heterocycles. The van der Waals surface area contributed by atoms with Gasteiger partial charge in [-0.15, -0.1) is 0 Å². The minimum absolute atomic E-state index is 0.00124. The quantitative estimate of drug-likeness (QED) is 0.827. The first-order valence-corrected chi connectivity index (χ1v) is 9.17. The van der Waals surface area contributed by atoms with E-state index < -0.39 is 0 Å². The Morgan fingerprint density at radius 1 is 0.962 bits per heavy atom. The van der Waals surface area contributed by atoms with Crippen LogP contribution >= 0.6 is 0 Å². The second-order valence-corrected chi connectivity index (χ2v) is 6.91. The summed E-state index contributed by atoms with van der Waals surface area (Å²) in [5, 5.41) is 3.89. The zero-order valence-electron chi connectivity index (χ0n) is 15.3. The monoisotopic (exact) mass is 356 g/mol. The highest BCUT2D eigenvalue weighted by Crippen LogP contribution is 2.23. The van der Waals surface area contributed by atoms with E-state index in [-0.39, 0.29) is 5.91 Å². The molecule has 8 heteroatoms. The van der Waals surface area contributed by atoms with Crippen molar-refractivity contribution >= 4 is 17.5 Å². The molecule has 0 N–H and O–H groups in total. The molecule has 2 saturated heterocycles. The summed E-state index contributed by atoms with van der Waals surface area (Å²) < 4.78 is 5.13. The van der Waals surface area contributed by atoms with E-state index in [2.05, 4.69) is 31.0 Å². The van der Waals surface area contributed by atoms with Crippen LogP contribution in [-0.4, -0.2) is 65.2 Å². The summed E-state index contributed by atoms with van der Waals surface area (Å²) in [6.45, 7) is 8.55. The standard InChI is InChI=1S/C18H24N6O2/c1-13-17(14(2)26-21-13)18(25)24-9-7-23(8-10-24)16-11-15(19-12-20-16)22-5-3-4-6-22/h11-12H,3-10H2,1-2H3. The Morgan fingerprint density at radius 3 is 2.15 bits per heavy atom. The number of carbonyl (C=O) groups is 1. The molecule has 0 bridgehead atoms. The van der Waals surface area contributed by atoms with Crippen molar-refractivity contribution < 1.29 is 9.32 Å². The van der Waals surface area contributed by atoms with Crippen LogP contribution in [0.1, 0.15) is 34.7 Å². The van der Waals surface area contributed by atoms with Gasteiger partial charge in [0.2, 0.25) is 0 Å². The number of aromatic nitrogens is 3. The molecule has 0 aliphatic carbocycles. The molecule has 2 aromatic rings. The molecular weight excluding hydrogens is 332 g/mol. The van der Waals surface area contributed by atoms with Crippen LogP contribution in [0.3, 0.4) is 0 Å². The van der Waals surface area contributed by atoms with Crippen LogP contribution in [0.25, 0.3) is 0 Å². The SMILES string of the molecule is Cc1noc(C)c1C(=O)N1CCN(c2cc(N3CCCC3)ncn2)CC1. The Kier molecular flexibility index (Phi) is 4.48. The van der Waals surface area contributed by atoms with Gasteiger partial charge in [-0.3, -0.25) is 4.79 Å². The lowest BCUT2D eigenvalue weighted by Crippen LogP contribution is -2.49. The van der Waals surface area contributed by atoms with Crippen molar-refractivity contribution in [1.82, 2.24) is 20.0 Å². The van der Waals surface area contributed by atoms with Crippen LogP contribution in [0.4, 0.5) is 11.6 Å². The van der Waals surface area contributed by atoms with Crippen molar-refractivity contribution in [2.75, 3.05) is 49.1 Å². The number of amides is 1. The number of anilines is 2. The average Bonchev–Trinajstić information content (AvgIpc) is 3.32. The Balaban J connectivity index is 1.42. The van der Waals surface area contributed by atoms with Crippen molar-refractivity contribution in [2.45, 2.75) is 26.7 Å². The van der Waals surface area contributed by atoms with Gasteiger partial charge < -0.3 is 19.2 Å². The molecule has 0 saturated carbocycles. The Hall–Kier alpha value is -2.64. The summed E-state index contributed by atoms with van der Waals surface area (Å²) in [5.74, 6) is 2.52. The Morgan fingerprint density at radius 2 is 1.58 bits per heavy atom. The van der Waals surface area contributed by atoms with Gasteiger partial charge in [0.15, 0.2) is 0 Å². The fraction of sp³-hybridized carbons (Fsp3) is 0.556. The highest BCUT2D eigenvalue weighted by atomic mass is 16.5. The Bertz CT molecular complexity index is 771. The van der Waals surface area contributed by atoms with E-state index in [9.17, 15) is 4.79 Å². The van der Waals surface area contributed by atoms with Gasteiger partial charge in [-0.1, -0.05) is 5.16 Å². The summed E-state index contributed by atoms with van der Waals surface area (Å²) in [6.07, 6.45) is 4.09. The molecule has 0 aromatic carbocycles. The first kappa shape index (κ1) is 16.8. The lowest BCUT2D eigenvalue weighted by molar-refractivity contribution is 0.0744. The van der Waals surface area contributed by atoms with Gasteiger partial charge in [-0.2, -0.15) is 0 Å². The molecule has 4 rings (SSSR count). The van der Waals surface area contributed by atoms with Gasteiger partial charge in [0, 0.05) is 45.3 Å². The van der Waals surface area contributed by atoms with Crippen molar-refractivity contribution in [3.8, 4) is 0 Å². The summed E-state index contributed by atoms with van der Waals surface area (Å²) >= 11 is 0. The van der Waals surface area contributed by atoms with Crippen molar-refractivity contribution in [1.29, 1.82) is 0 Å². The highest BCUT2D eigenvalue weighted by Gasteiger charge is 2.27. The molecule has 4 heterocycles. The first-order valence-electron chi connectivity index (χ1n) is 9.17. The second-order valence-electron chi connectivity index (χ2n) is 6.91. The van der Waals surface area contributed by atoms with Crippen LogP contribution in [0.5, 0.6) is 0 Å². The molecule has 0 unspecified atom stereocenters. The predicted octanol–water partition coefficient (Wildman–Crippen LogP) is 1.64. The fourth-order valence-electron chi connectivity index (χ4n) is 3.71. The second kappa shape index (κ2) is 6.93. The van der Waals surface area contributed by atoms with Crippen LogP contribution in [-0.2, 0) is 0 Å². The minimum Gasteiger partial charge on any atom is -0.361 e. The molecule has 0 atom stereocenters. The summed E-state index contributed by atoms with van der Waals surface area (Å²) in [7, 11) is 0. The first-order chi connectivity index (χ1) is 12.6. The highest BCUT2D eigenvalue weighted by molar-refractivity contribution is 5.96. The van der Waals surface area contributed by atoms with E-state index in [0.29, 0.717) is 30.1 Å². The molecule has 138 valence electrons. The third-order valence-electron chi connectivity index (χ3n) is 5.21. The van der Waals surface area contributed by atoms with Crippen LogP contribution < -0.4 is 9.80 Å². The molecule has 1 amide bonds. The molecule has 0 spiro atoms. The molecule has 26 heavy (non-hydrogen) atoms. The molecule has 2 aliphatic heterocycles.